The highest BCUT2D eigenvalue weighted by Gasteiger charge is 2.23. The lowest BCUT2D eigenvalue weighted by molar-refractivity contribution is -0.138. The summed E-state index contributed by atoms with van der Waals surface area (Å²) in [7, 11) is 0. The minimum atomic E-state index is -0.780. The Morgan fingerprint density at radius 1 is 1.00 bits per heavy atom. The second kappa shape index (κ2) is 3.45. The van der Waals surface area contributed by atoms with E-state index in [1.165, 1.54) is 22.3 Å². The summed E-state index contributed by atoms with van der Waals surface area (Å²) in [4.78, 5) is 11.0. The first-order chi connectivity index (χ1) is 8.18. The standard InChI is InChI=1S/C15H12O2/c1-9(15(16)17)10-6-7-13-11-4-2-3-5-12(11)14(13)8-10/h2-9H,1H3,(H,16,17). The molecule has 1 atom stereocenters. The maximum Gasteiger partial charge on any atom is 0.310 e. The van der Waals surface area contributed by atoms with Crippen LogP contribution < -0.4 is 0 Å². The van der Waals surface area contributed by atoms with Gasteiger partial charge >= 0.3 is 5.97 Å². The lowest BCUT2D eigenvalue weighted by Crippen LogP contribution is -2.08. The number of fused-ring (bicyclic) bond motifs is 4. The number of carbonyl (C=O) groups is 1. The van der Waals surface area contributed by atoms with Crippen LogP contribution in [0.3, 0.4) is 0 Å². The zero-order valence-electron chi connectivity index (χ0n) is 9.47. The van der Waals surface area contributed by atoms with Gasteiger partial charge in [0, 0.05) is 0 Å². The van der Waals surface area contributed by atoms with E-state index in [4.69, 9.17) is 5.11 Å². The van der Waals surface area contributed by atoms with Crippen molar-refractivity contribution in [1.82, 2.24) is 0 Å². The summed E-state index contributed by atoms with van der Waals surface area (Å²) in [5, 5.41) is 9.01. The van der Waals surface area contributed by atoms with E-state index in [1.807, 2.05) is 30.3 Å². The average Bonchev–Trinajstić information content (AvgIpc) is 2.34. The molecule has 3 rings (SSSR count). The molecule has 1 N–H and O–H groups in total. The highest BCUT2D eigenvalue weighted by molar-refractivity contribution is 6.02. The normalized spacial score (nSPS) is 13.2. The Kier molecular flexibility index (Phi) is 2.05. The predicted octanol–water partition coefficient (Wildman–Crippen LogP) is 3.52. The van der Waals surface area contributed by atoms with Crippen LogP contribution in [0.2, 0.25) is 0 Å². The first kappa shape index (κ1) is 10.1. The molecule has 0 aromatic heterocycles. The van der Waals surface area contributed by atoms with Gasteiger partial charge in [-0.15, -0.1) is 0 Å². The van der Waals surface area contributed by atoms with E-state index in [-0.39, 0.29) is 0 Å². The smallest absolute Gasteiger partial charge is 0.310 e. The van der Waals surface area contributed by atoms with Gasteiger partial charge in [0.2, 0.25) is 0 Å². The molecule has 17 heavy (non-hydrogen) atoms. The van der Waals surface area contributed by atoms with E-state index in [9.17, 15) is 4.79 Å². The fraction of sp³-hybridized carbons (Fsp3) is 0.133. The van der Waals surface area contributed by atoms with Gasteiger partial charge in [0.25, 0.3) is 0 Å². The van der Waals surface area contributed by atoms with E-state index >= 15 is 0 Å². The first-order valence-corrected chi connectivity index (χ1v) is 5.65. The molecular formula is C15H12O2. The summed E-state index contributed by atoms with van der Waals surface area (Å²) in [6.07, 6.45) is 0. The van der Waals surface area contributed by atoms with Gasteiger partial charge in [0.1, 0.15) is 0 Å². The molecule has 2 heteroatoms. The zero-order valence-corrected chi connectivity index (χ0v) is 9.47. The number of hydrogen-bond acceptors (Lipinski definition) is 1. The third-order valence-electron chi connectivity index (χ3n) is 3.42. The van der Waals surface area contributed by atoms with E-state index in [0.29, 0.717) is 0 Å². The molecule has 0 saturated carbocycles. The fourth-order valence-electron chi connectivity index (χ4n) is 2.32. The third kappa shape index (κ3) is 1.37. The van der Waals surface area contributed by atoms with Gasteiger partial charge in [0.05, 0.1) is 5.92 Å². The van der Waals surface area contributed by atoms with Crippen molar-refractivity contribution in [3.63, 3.8) is 0 Å². The average molecular weight is 224 g/mol. The third-order valence-corrected chi connectivity index (χ3v) is 3.42. The summed E-state index contributed by atoms with van der Waals surface area (Å²) in [5.74, 6) is -1.23. The van der Waals surface area contributed by atoms with Crippen LogP contribution in [-0.2, 0) is 4.79 Å². The molecule has 0 saturated heterocycles. The molecule has 2 nitrogen and oxygen atoms in total. The highest BCUT2D eigenvalue weighted by atomic mass is 16.4. The van der Waals surface area contributed by atoms with Gasteiger partial charge < -0.3 is 5.11 Å². The SMILES string of the molecule is CC(C(=O)O)c1ccc2c(c1)-c1ccccc1-2. The minimum absolute atomic E-state index is 0.451. The highest BCUT2D eigenvalue weighted by Crippen LogP contribution is 2.47. The number of carboxylic acid groups (broad SMARTS) is 1. The van der Waals surface area contributed by atoms with E-state index in [1.54, 1.807) is 6.92 Å². The van der Waals surface area contributed by atoms with E-state index < -0.39 is 11.9 Å². The van der Waals surface area contributed by atoms with Crippen molar-refractivity contribution >= 4 is 5.97 Å². The van der Waals surface area contributed by atoms with E-state index in [0.717, 1.165) is 5.56 Å². The fourth-order valence-corrected chi connectivity index (χ4v) is 2.32. The monoisotopic (exact) mass is 224 g/mol. The van der Waals surface area contributed by atoms with Crippen LogP contribution in [0.25, 0.3) is 22.3 Å². The number of hydrogen-bond donors (Lipinski definition) is 1. The van der Waals surface area contributed by atoms with Crippen molar-refractivity contribution in [2.75, 3.05) is 0 Å². The van der Waals surface area contributed by atoms with Crippen molar-refractivity contribution < 1.29 is 9.90 Å². The van der Waals surface area contributed by atoms with Crippen LogP contribution in [0.5, 0.6) is 0 Å². The van der Waals surface area contributed by atoms with Crippen molar-refractivity contribution in [2.24, 2.45) is 0 Å². The Hall–Kier alpha value is -2.09. The predicted molar refractivity (Wildman–Crippen MR) is 66.9 cm³/mol. The molecule has 0 spiro atoms. The second-order valence-electron chi connectivity index (χ2n) is 4.41. The summed E-state index contributed by atoms with van der Waals surface area (Å²) in [6, 6.07) is 14.1. The number of benzene rings is 2. The van der Waals surface area contributed by atoms with Crippen molar-refractivity contribution in [2.45, 2.75) is 12.8 Å². The largest absolute Gasteiger partial charge is 0.481 e. The molecule has 1 aliphatic rings. The molecule has 84 valence electrons. The van der Waals surface area contributed by atoms with Gasteiger partial charge in [-0.25, -0.2) is 0 Å². The van der Waals surface area contributed by atoms with Crippen LogP contribution in [0, 0.1) is 0 Å². The lowest BCUT2D eigenvalue weighted by atomic mass is 9.79. The molecule has 2 aromatic rings. The van der Waals surface area contributed by atoms with Crippen LogP contribution in [0.1, 0.15) is 18.4 Å². The molecule has 1 aliphatic carbocycles. The number of aliphatic carboxylic acids is 1. The quantitative estimate of drug-likeness (QED) is 0.723. The molecule has 1 unspecified atom stereocenters. The van der Waals surface area contributed by atoms with Crippen molar-refractivity contribution in [1.29, 1.82) is 0 Å². The summed E-state index contributed by atoms with van der Waals surface area (Å²) < 4.78 is 0. The van der Waals surface area contributed by atoms with Gasteiger partial charge in [0.15, 0.2) is 0 Å². The van der Waals surface area contributed by atoms with Crippen molar-refractivity contribution in [3.8, 4) is 22.3 Å². The van der Waals surface area contributed by atoms with Crippen LogP contribution in [0.15, 0.2) is 42.5 Å². The Morgan fingerprint density at radius 2 is 1.59 bits per heavy atom. The summed E-state index contributed by atoms with van der Waals surface area (Å²) in [5.41, 5.74) is 5.75. The Bertz CT molecular complexity index is 614. The molecule has 0 aliphatic heterocycles. The number of carboxylic acids is 1. The van der Waals surface area contributed by atoms with Crippen molar-refractivity contribution in [3.05, 3.63) is 48.0 Å². The Morgan fingerprint density at radius 3 is 2.24 bits per heavy atom. The molecule has 0 radical (unpaired) electrons. The summed E-state index contributed by atoms with van der Waals surface area (Å²) in [6.45, 7) is 1.72. The molecule has 0 bridgehead atoms. The van der Waals surface area contributed by atoms with Gasteiger partial charge in [-0.3, -0.25) is 4.79 Å². The van der Waals surface area contributed by atoms with Gasteiger partial charge in [-0.2, -0.15) is 0 Å². The molecule has 2 aromatic carbocycles. The Labute approximate surface area is 99.5 Å². The Balaban J connectivity index is 2.06. The molecule has 0 amide bonds. The topological polar surface area (TPSA) is 37.3 Å². The summed E-state index contributed by atoms with van der Waals surface area (Å²) >= 11 is 0. The van der Waals surface area contributed by atoms with Crippen LogP contribution >= 0.6 is 0 Å². The van der Waals surface area contributed by atoms with Gasteiger partial charge in [-0.05, 0) is 40.8 Å². The first-order valence-electron chi connectivity index (χ1n) is 5.65. The molecule has 0 heterocycles. The van der Waals surface area contributed by atoms with Gasteiger partial charge in [-0.1, -0.05) is 36.4 Å². The van der Waals surface area contributed by atoms with E-state index in [2.05, 4.69) is 12.1 Å². The number of rotatable bonds is 2. The maximum atomic E-state index is 11.0. The van der Waals surface area contributed by atoms with Crippen LogP contribution in [0.4, 0.5) is 0 Å². The molecule has 0 fully saturated rings. The molecular weight excluding hydrogens is 212 g/mol. The lowest BCUT2D eigenvalue weighted by Gasteiger charge is -2.25. The zero-order chi connectivity index (χ0) is 12.0. The van der Waals surface area contributed by atoms with Crippen LogP contribution in [-0.4, -0.2) is 11.1 Å². The minimum Gasteiger partial charge on any atom is -0.481 e. The second-order valence-corrected chi connectivity index (χ2v) is 4.41. The maximum absolute atomic E-state index is 11.0.